The van der Waals surface area contributed by atoms with Crippen molar-refractivity contribution in [1.82, 2.24) is 10.2 Å². The molecule has 0 saturated carbocycles. The minimum atomic E-state index is -0.924. The van der Waals surface area contributed by atoms with Crippen molar-refractivity contribution >= 4 is 11.9 Å². The van der Waals surface area contributed by atoms with Crippen LogP contribution in [0.15, 0.2) is 0 Å². The van der Waals surface area contributed by atoms with E-state index in [9.17, 15) is 9.59 Å². The molecule has 1 aliphatic rings. The molecule has 0 bridgehead atoms. The Morgan fingerprint density at radius 3 is 2.83 bits per heavy atom. The third-order valence-electron chi connectivity index (χ3n) is 3.50. The van der Waals surface area contributed by atoms with E-state index in [1.165, 1.54) is 19.4 Å². The molecule has 0 spiro atoms. The predicted octanol–water partition coefficient (Wildman–Crippen LogP) is 0.945. The number of carboxylic acids is 1. The van der Waals surface area contributed by atoms with Gasteiger partial charge in [-0.25, -0.2) is 0 Å². The van der Waals surface area contributed by atoms with Crippen molar-refractivity contribution in [2.45, 2.75) is 32.6 Å². The first kappa shape index (κ1) is 15.0. The molecule has 1 aliphatic heterocycles. The molecule has 2 N–H and O–H groups in total. The summed E-state index contributed by atoms with van der Waals surface area (Å²) in [5.74, 6) is -0.872. The molecule has 0 aliphatic carbocycles. The zero-order valence-electron chi connectivity index (χ0n) is 11.3. The number of amides is 1. The van der Waals surface area contributed by atoms with E-state index in [0.717, 1.165) is 13.0 Å². The number of hydrogen-bond acceptors (Lipinski definition) is 3. The van der Waals surface area contributed by atoms with Crippen LogP contribution in [0.25, 0.3) is 0 Å². The first-order valence-corrected chi connectivity index (χ1v) is 6.67. The maximum Gasteiger partial charge on any atom is 0.304 e. The first-order chi connectivity index (χ1) is 8.49. The number of rotatable bonds is 6. The van der Waals surface area contributed by atoms with Gasteiger partial charge >= 0.3 is 5.97 Å². The SMILES string of the molecule is CC(CC(=O)O)C(=O)NCCC1CCCN(C)C1. The Morgan fingerprint density at radius 1 is 1.50 bits per heavy atom. The van der Waals surface area contributed by atoms with Crippen LogP contribution in [0.5, 0.6) is 0 Å². The van der Waals surface area contributed by atoms with E-state index < -0.39 is 11.9 Å². The van der Waals surface area contributed by atoms with Crippen LogP contribution >= 0.6 is 0 Å². The van der Waals surface area contributed by atoms with Crippen LogP contribution in [0.1, 0.15) is 32.6 Å². The number of nitrogens with zero attached hydrogens (tertiary/aromatic N) is 1. The summed E-state index contributed by atoms with van der Waals surface area (Å²) in [4.78, 5) is 24.4. The molecule has 0 radical (unpaired) electrons. The Bertz CT molecular complexity index is 294. The molecular weight excluding hydrogens is 232 g/mol. The van der Waals surface area contributed by atoms with Gasteiger partial charge < -0.3 is 15.3 Å². The maximum atomic E-state index is 11.6. The molecule has 0 aromatic rings. The van der Waals surface area contributed by atoms with Gasteiger partial charge in [0, 0.05) is 19.0 Å². The molecule has 1 rings (SSSR count). The van der Waals surface area contributed by atoms with Crippen molar-refractivity contribution in [1.29, 1.82) is 0 Å². The molecule has 1 saturated heterocycles. The van der Waals surface area contributed by atoms with Crippen molar-refractivity contribution in [3.05, 3.63) is 0 Å². The number of carbonyl (C=O) groups excluding carboxylic acids is 1. The average Bonchev–Trinajstić information content (AvgIpc) is 2.28. The summed E-state index contributed by atoms with van der Waals surface area (Å²) in [6.45, 7) is 4.57. The molecule has 5 heteroatoms. The fraction of sp³-hybridized carbons (Fsp3) is 0.846. The smallest absolute Gasteiger partial charge is 0.304 e. The van der Waals surface area contributed by atoms with E-state index in [0.29, 0.717) is 12.5 Å². The summed E-state index contributed by atoms with van der Waals surface area (Å²) >= 11 is 0. The van der Waals surface area contributed by atoms with Crippen LogP contribution in [0.2, 0.25) is 0 Å². The van der Waals surface area contributed by atoms with Gasteiger partial charge in [0.1, 0.15) is 0 Å². The number of hydrogen-bond donors (Lipinski definition) is 2. The molecular formula is C13H24N2O3. The lowest BCUT2D eigenvalue weighted by Crippen LogP contribution is -2.36. The van der Waals surface area contributed by atoms with Gasteiger partial charge in [0.05, 0.1) is 6.42 Å². The van der Waals surface area contributed by atoms with Crippen LogP contribution < -0.4 is 5.32 Å². The number of likely N-dealkylation sites (tertiary alicyclic amines) is 1. The zero-order chi connectivity index (χ0) is 13.5. The highest BCUT2D eigenvalue weighted by atomic mass is 16.4. The Labute approximate surface area is 109 Å². The van der Waals surface area contributed by atoms with Crippen molar-refractivity contribution < 1.29 is 14.7 Å². The van der Waals surface area contributed by atoms with Crippen LogP contribution in [0.4, 0.5) is 0 Å². The molecule has 1 amide bonds. The number of nitrogens with one attached hydrogen (secondary N) is 1. The van der Waals surface area contributed by atoms with Crippen molar-refractivity contribution in [2.24, 2.45) is 11.8 Å². The summed E-state index contributed by atoms with van der Waals surface area (Å²) in [5.41, 5.74) is 0. The lowest BCUT2D eigenvalue weighted by atomic mass is 9.95. The largest absolute Gasteiger partial charge is 0.481 e. The van der Waals surface area contributed by atoms with E-state index in [-0.39, 0.29) is 12.3 Å². The van der Waals surface area contributed by atoms with E-state index in [2.05, 4.69) is 17.3 Å². The predicted molar refractivity (Wildman–Crippen MR) is 69.3 cm³/mol. The highest BCUT2D eigenvalue weighted by molar-refractivity contribution is 5.82. The molecule has 18 heavy (non-hydrogen) atoms. The van der Waals surface area contributed by atoms with Gasteiger partial charge in [0.15, 0.2) is 0 Å². The lowest BCUT2D eigenvalue weighted by molar-refractivity contribution is -0.140. The third-order valence-corrected chi connectivity index (χ3v) is 3.50. The minimum absolute atomic E-state index is 0.0992. The summed E-state index contributed by atoms with van der Waals surface area (Å²) in [6, 6.07) is 0. The fourth-order valence-corrected chi connectivity index (χ4v) is 2.44. The van der Waals surface area contributed by atoms with E-state index in [4.69, 9.17) is 5.11 Å². The Morgan fingerprint density at radius 2 is 2.22 bits per heavy atom. The van der Waals surface area contributed by atoms with Gasteiger partial charge in [-0.3, -0.25) is 9.59 Å². The van der Waals surface area contributed by atoms with Gasteiger partial charge in [-0.15, -0.1) is 0 Å². The highest BCUT2D eigenvalue weighted by Gasteiger charge is 2.19. The number of carboxylic acid groups (broad SMARTS) is 1. The number of carbonyl (C=O) groups is 2. The highest BCUT2D eigenvalue weighted by Crippen LogP contribution is 2.17. The number of aliphatic carboxylic acids is 1. The van der Waals surface area contributed by atoms with Gasteiger partial charge in [-0.1, -0.05) is 6.92 Å². The molecule has 104 valence electrons. The fourth-order valence-electron chi connectivity index (χ4n) is 2.44. The van der Waals surface area contributed by atoms with Gasteiger partial charge in [-0.2, -0.15) is 0 Å². The van der Waals surface area contributed by atoms with Crippen LogP contribution in [0.3, 0.4) is 0 Å². The Kier molecular flexibility index (Phi) is 6.12. The molecule has 2 unspecified atom stereocenters. The lowest BCUT2D eigenvalue weighted by Gasteiger charge is -2.29. The van der Waals surface area contributed by atoms with E-state index in [1.54, 1.807) is 6.92 Å². The minimum Gasteiger partial charge on any atom is -0.481 e. The monoisotopic (exact) mass is 256 g/mol. The van der Waals surface area contributed by atoms with Crippen LogP contribution in [-0.4, -0.2) is 48.6 Å². The Hall–Kier alpha value is -1.10. The van der Waals surface area contributed by atoms with Crippen molar-refractivity contribution in [2.75, 3.05) is 26.7 Å². The van der Waals surface area contributed by atoms with Gasteiger partial charge in [0.2, 0.25) is 5.91 Å². The number of piperidine rings is 1. The van der Waals surface area contributed by atoms with Gasteiger partial charge in [0.25, 0.3) is 0 Å². The molecule has 2 atom stereocenters. The average molecular weight is 256 g/mol. The van der Waals surface area contributed by atoms with Crippen LogP contribution in [0, 0.1) is 11.8 Å². The summed E-state index contributed by atoms with van der Waals surface area (Å²) in [5, 5.41) is 11.4. The van der Waals surface area contributed by atoms with Crippen molar-refractivity contribution in [3.63, 3.8) is 0 Å². The topological polar surface area (TPSA) is 69.6 Å². The molecule has 1 fully saturated rings. The summed E-state index contributed by atoms with van der Waals surface area (Å²) < 4.78 is 0. The second kappa shape index (κ2) is 7.36. The maximum absolute atomic E-state index is 11.6. The van der Waals surface area contributed by atoms with E-state index in [1.807, 2.05) is 0 Å². The second-order valence-electron chi connectivity index (χ2n) is 5.35. The summed E-state index contributed by atoms with van der Waals surface area (Å²) in [6.07, 6.45) is 3.34. The summed E-state index contributed by atoms with van der Waals surface area (Å²) in [7, 11) is 2.12. The van der Waals surface area contributed by atoms with E-state index >= 15 is 0 Å². The molecule has 1 heterocycles. The molecule has 5 nitrogen and oxygen atoms in total. The zero-order valence-corrected chi connectivity index (χ0v) is 11.3. The quantitative estimate of drug-likeness (QED) is 0.742. The standard InChI is InChI=1S/C13H24N2O3/c1-10(8-12(16)17)13(18)14-6-5-11-4-3-7-15(2)9-11/h10-11H,3-9H2,1-2H3,(H,14,18)(H,16,17). The second-order valence-corrected chi connectivity index (χ2v) is 5.35. The normalized spacial score (nSPS) is 22.4. The molecule has 0 aromatic carbocycles. The van der Waals surface area contributed by atoms with Crippen molar-refractivity contribution in [3.8, 4) is 0 Å². The van der Waals surface area contributed by atoms with Crippen LogP contribution in [-0.2, 0) is 9.59 Å². The van der Waals surface area contributed by atoms with Gasteiger partial charge in [-0.05, 0) is 38.8 Å². The molecule has 0 aromatic heterocycles. The third kappa shape index (κ3) is 5.49. The first-order valence-electron chi connectivity index (χ1n) is 6.67. The Balaban J connectivity index is 2.16.